The third-order valence-corrected chi connectivity index (χ3v) is 8.55. The van der Waals surface area contributed by atoms with Gasteiger partial charge in [0.25, 0.3) is 0 Å². The lowest BCUT2D eigenvalue weighted by Crippen LogP contribution is -2.53. The minimum absolute atomic E-state index is 0.125. The number of ketones is 4. The topological polar surface area (TPSA) is 68.3 Å². The van der Waals surface area contributed by atoms with Crippen LogP contribution < -0.4 is 0 Å². The van der Waals surface area contributed by atoms with Gasteiger partial charge in [-0.15, -0.1) is 23.5 Å². The number of rotatable bonds is 0. The van der Waals surface area contributed by atoms with Gasteiger partial charge in [-0.2, -0.15) is 0 Å². The van der Waals surface area contributed by atoms with E-state index in [1.54, 1.807) is 48.5 Å². The van der Waals surface area contributed by atoms with Gasteiger partial charge in [0.2, 0.25) is 0 Å². The van der Waals surface area contributed by atoms with Crippen molar-refractivity contribution >= 4 is 46.7 Å². The quantitative estimate of drug-likeness (QED) is 0.700. The van der Waals surface area contributed by atoms with Gasteiger partial charge in [0.15, 0.2) is 23.1 Å². The Balaban J connectivity index is 1.60. The number of thioether (sulfide) groups is 2. The van der Waals surface area contributed by atoms with E-state index in [0.717, 1.165) is 0 Å². The fourth-order valence-electron chi connectivity index (χ4n) is 3.84. The lowest BCUT2D eigenvalue weighted by molar-refractivity contribution is 0.0884. The molecule has 1 fully saturated rings. The fourth-order valence-corrected chi connectivity index (χ4v) is 7.31. The molecular weight excluding hydrogens is 368 g/mol. The van der Waals surface area contributed by atoms with Crippen LogP contribution in [0.5, 0.6) is 0 Å². The third-order valence-electron chi connectivity index (χ3n) is 5.09. The van der Waals surface area contributed by atoms with Crippen LogP contribution in [-0.4, -0.2) is 44.1 Å². The summed E-state index contributed by atoms with van der Waals surface area (Å²) in [4.78, 5) is 51.7. The summed E-state index contributed by atoms with van der Waals surface area (Å²) in [5.41, 5.74) is 1.67. The van der Waals surface area contributed by atoms with Crippen LogP contribution in [0.2, 0.25) is 0 Å². The zero-order chi connectivity index (χ0) is 18.0. The van der Waals surface area contributed by atoms with Gasteiger partial charge >= 0.3 is 0 Å². The maximum atomic E-state index is 12.9. The van der Waals surface area contributed by atoms with Crippen molar-refractivity contribution in [3.05, 3.63) is 70.8 Å². The summed E-state index contributed by atoms with van der Waals surface area (Å²) in [5.74, 6) is -0.499. The first-order chi connectivity index (χ1) is 12.6. The molecule has 2 aliphatic carbocycles. The first-order valence-corrected chi connectivity index (χ1v) is 10.1. The number of hydrogen-bond donors (Lipinski definition) is 0. The van der Waals surface area contributed by atoms with Crippen molar-refractivity contribution in [2.45, 2.75) is 21.0 Å². The molecule has 1 saturated heterocycles. The molecule has 6 heteroatoms. The van der Waals surface area contributed by atoms with Crippen molar-refractivity contribution in [2.24, 2.45) is 0 Å². The molecule has 128 valence electrons. The molecule has 4 nitrogen and oxygen atoms in total. The summed E-state index contributed by atoms with van der Waals surface area (Å²) in [6.07, 6.45) is 0. The molecule has 1 aliphatic heterocycles. The highest BCUT2D eigenvalue weighted by atomic mass is 32.2. The fraction of sp³-hybridized carbons (Fsp3) is 0.200. The molecule has 0 saturated carbocycles. The summed E-state index contributed by atoms with van der Waals surface area (Å²) in [6.45, 7) is 0. The maximum absolute atomic E-state index is 12.9. The van der Waals surface area contributed by atoms with E-state index in [1.807, 2.05) is 0 Å². The van der Waals surface area contributed by atoms with E-state index in [0.29, 0.717) is 22.3 Å². The largest absolute Gasteiger partial charge is 0.293 e. The molecule has 0 aromatic heterocycles. The average Bonchev–Trinajstić information content (AvgIpc) is 2.69. The highest BCUT2D eigenvalue weighted by molar-refractivity contribution is 8.09. The van der Waals surface area contributed by atoms with Gasteiger partial charge in [0.1, 0.15) is 0 Å². The Morgan fingerprint density at radius 3 is 0.923 bits per heavy atom. The molecular formula is C20H12O4S2. The Morgan fingerprint density at radius 2 is 0.692 bits per heavy atom. The molecule has 2 aromatic rings. The molecule has 0 N–H and O–H groups in total. The van der Waals surface area contributed by atoms with Crippen LogP contribution in [-0.2, 0) is 0 Å². The number of carbonyl (C=O) groups is 4. The first-order valence-electron chi connectivity index (χ1n) is 8.24. The monoisotopic (exact) mass is 380 g/mol. The molecule has 26 heavy (non-hydrogen) atoms. The van der Waals surface area contributed by atoms with Gasteiger partial charge in [0, 0.05) is 22.3 Å². The molecule has 0 unspecified atom stereocenters. The number of carbonyl (C=O) groups excluding carboxylic acids is 4. The average molecular weight is 380 g/mol. The van der Waals surface area contributed by atoms with Crippen LogP contribution >= 0.6 is 23.5 Å². The van der Waals surface area contributed by atoms with Crippen molar-refractivity contribution in [3.63, 3.8) is 0 Å². The molecule has 3 aliphatic rings. The third kappa shape index (κ3) is 2.06. The summed E-state index contributed by atoms with van der Waals surface area (Å²) >= 11 is 2.38. The summed E-state index contributed by atoms with van der Waals surface area (Å²) < 4.78 is 0. The van der Waals surface area contributed by atoms with Crippen LogP contribution in [0.15, 0.2) is 48.5 Å². The van der Waals surface area contributed by atoms with E-state index in [9.17, 15) is 19.2 Å². The van der Waals surface area contributed by atoms with E-state index in [-0.39, 0.29) is 23.1 Å². The van der Waals surface area contributed by atoms with Crippen LogP contribution in [0, 0.1) is 0 Å². The maximum Gasteiger partial charge on any atom is 0.178 e. The number of Topliss-reactive ketones (excluding diaryl/α,β-unsaturated/α-hetero) is 4. The normalized spacial score (nSPS) is 29.5. The molecule has 0 spiro atoms. The van der Waals surface area contributed by atoms with Crippen LogP contribution in [0.3, 0.4) is 0 Å². The summed E-state index contributed by atoms with van der Waals surface area (Å²) in [5, 5.41) is -2.48. The Labute approximate surface area is 157 Å². The van der Waals surface area contributed by atoms with Crippen molar-refractivity contribution in [2.75, 3.05) is 0 Å². The summed E-state index contributed by atoms with van der Waals surface area (Å²) in [6, 6.07) is 13.6. The number of benzene rings is 2. The van der Waals surface area contributed by atoms with Gasteiger partial charge in [-0.05, 0) is 0 Å². The second-order valence-electron chi connectivity index (χ2n) is 6.50. The SMILES string of the molecule is O=C1c2ccccc2C(=O)[C@H]2S[C@H]3C(=O)c4ccccc4C(=O)[C@H]3S[C@H]12. The molecule has 4 atom stereocenters. The van der Waals surface area contributed by atoms with Crippen molar-refractivity contribution in [3.8, 4) is 0 Å². The predicted molar refractivity (Wildman–Crippen MR) is 101 cm³/mol. The van der Waals surface area contributed by atoms with Gasteiger partial charge in [0.05, 0.1) is 21.0 Å². The van der Waals surface area contributed by atoms with E-state index < -0.39 is 21.0 Å². The van der Waals surface area contributed by atoms with Crippen molar-refractivity contribution in [1.29, 1.82) is 0 Å². The Hall–Kier alpha value is -2.18. The number of hydrogen-bond acceptors (Lipinski definition) is 6. The van der Waals surface area contributed by atoms with Gasteiger partial charge < -0.3 is 0 Å². The van der Waals surface area contributed by atoms with Crippen LogP contribution in [0.25, 0.3) is 0 Å². The predicted octanol–water partition coefficient (Wildman–Crippen LogP) is 3.10. The second-order valence-corrected chi connectivity index (χ2v) is 9.08. The lowest BCUT2D eigenvalue weighted by Gasteiger charge is -2.42. The van der Waals surface area contributed by atoms with E-state index >= 15 is 0 Å². The molecule has 0 radical (unpaired) electrons. The van der Waals surface area contributed by atoms with Crippen molar-refractivity contribution in [1.82, 2.24) is 0 Å². The highest BCUT2D eigenvalue weighted by Gasteiger charge is 2.54. The second kappa shape index (κ2) is 5.66. The van der Waals surface area contributed by atoms with Crippen molar-refractivity contribution < 1.29 is 19.2 Å². The van der Waals surface area contributed by atoms with Crippen LogP contribution in [0.4, 0.5) is 0 Å². The van der Waals surface area contributed by atoms with Gasteiger partial charge in [-0.3, -0.25) is 19.2 Å². The van der Waals surface area contributed by atoms with E-state index in [2.05, 4.69) is 0 Å². The molecule has 0 bridgehead atoms. The standard InChI is InChI=1S/C20H12O4S2/c21-13-9-5-1-2-6-10(9)14(22)18-17(13)25-19-15(23)11-7-3-4-8-12(11)16(24)20(19)26-18/h1-8,17-20H/t17-,18-,19-,20+/m1/s1. The molecule has 0 amide bonds. The Bertz CT molecular complexity index is 853. The van der Waals surface area contributed by atoms with Gasteiger partial charge in [-0.1, -0.05) is 48.5 Å². The van der Waals surface area contributed by atoms with Crippen LogP contribution in [0.1, 0.15) is 41.4 Å². The molecule has 1 heterocycles. The number of fused-ring (bicyclic) bond motifs is 4. The smallest absolute Gasteiger partial charge is 0.178 e. The molecule has 2 aromatic carbocycles. The minimum Gasteiger partial charge on any atom is -0.293 e. The highest BCUT2D eigenvalue weighted by Crippen LogP contribution is 2.49. The van der Waals surface area contributed by atoms with Gasteiger partial charge in [-0.25, -0.2) is 0 Å². The van der Waals surface area contributed by atoms with E-state index in [1.165, 1.54) is 23.5 Å². The Morgan fingerprint density at radius 1 is 0.462 bits per heavy atom. The summed E-state index contributed by atoms with van der Waals surface area (Å²) in [7, 11) is 0. The zero-order valence-electron chi connectivity index (χ0n) is 13.4. The lowest BCUT2D eigenvalue weighted by atomic mass is 9.88. The Kier molecular flexibility index (Phi) is 3.49. The first kappa shape index (κ1) is 16.0. The minimum atomic E-state index is -0.620. The van der Waals surface area contributed by atoms with E-state index in [4.69, 9.17) is 0 Å². The zero-order valence-corrected chi connectivity index (χ0v) is 15.0. The molecule has 5 rings (SSSR count).